The van der Waals surface area contributed by atoms with E-state index in [2.05, 4.69) is 33.0 Å². The number of thiophene rings is 1. The molecule has 0 saturated carbocycles. The molecule has 0 aliphatic carbocycles. The Kier molecular flexibility index (Phi) is 5.59. The molecule has 0 radical (unpaired) electrons. The van der Waals surface area contributed by atoms with Crippen molar-refractivity contribution >= 4 is 34.4 Å². The van der Waals surface area contributed by atoms with Gasteiger partial charge in [-0.3, -0.25) is 4.90 Å². The van der Waals surface area contributed by atoms with Crippen molar-refractivity contribution in [1.29, 1.82) is 0 Å². The highest BCUT2D eigenvalue weighted by atomic mass is 32.1. The van der Waals surface area contributed by atoms with Crippen molar-refractivity contribution in [1.82, 2.24) is 10.2 Å². The van der Waals surface area contributed by atoms with E-state index in [-0.39, 0.29) is 5.82 Å². The van der Waals surface area contributed by atoms with Crippen molar-refractivity contribution in [2.45, 2.75) is 18.9 Å². The van der Waals surface area contributed by atoms with Crippen molar-refractivity contribution in [2.24, 2.45) is 0 Å². The van der Waals surface area contributed by atoms with E-state index in [1.165, 1.54) is 23.8 Å². The van der Waals surface area contributed by atoms with Crippen LogP contribution in [0.4, 0.5) is 10.1 Å². The van der Waals surface area contributed by atoms with Crippen LogP contribution in [0.2, 0.25) is 0 Å². The molecule has 1 aliphatic heterocycles. The van der Waals surface area contributed by atoms with Crippen LogP contribution >= 0.6 is 23.6 Å². The van der Waals surface area contributed by atoms with Crippen LogP contribution in [0, 0.1) is 5.82 Å². The lowest BCUT2D eigenvalue weighted by Crippen LogP contribution is -2.38. The first kappa shape index (κ1) is 16.4. The van der Waals surface area contributed by atoms with Gasteiger partial charge in [0.15, 0.2) is 5.11 Å². The largest absolute Gasteiger partial charge is 0.360 e. The molecule has 0 unspecified atom stereocenters. The maximum absolute atomic E-state index is 13.7. The molecule has 2 N–H and O–H groups in total. The van der Waals surface area contributed by atoms with Crippen LogP contribution < -0.4 is 10.6 Å². The minimum atomic E-state index is -0.300. The summed E-state index contributed by atoms with van der Waals surface area (Å²) in [7, 11) is 0. The van der Waals surface area contributed by atoms with Crippen molar-refractivity contribution in [3.8, 4) is 0 Å². The standard InChI is InChI=1S/C17H20FN3S2/c18-13-6-1-2-7-14(13)20-17(22)19-12-15(16-8-5-11-23-16)21-9-3-4-10-21/h1-2,5-8,11,15H,3-4,9-10,12H2,(H2,19,20,22)/t15-/m0/s1. The van der Waals surface area contributed by atoms with Gasteiger partial charge >= 0.3 is 0 Å². The Morgan fingerprint density at radius 3 is 2.70 bits per heavy atom. The number of rotatable bonds is 5. The second-order valence-corrected chi connectivity index (χ2v) is 6.98. The second kappa shape index (κ2) is 7.86. The van der Waals surface area contributed by atoms with E-state index < -0.39 is 0 Å². The SMILES string of the molecule is Fc1ccccc1NC(=S)NC[C@@H](c1cccs1)N1CCCC1. The lowest BCUT2D eigenvalue weighted by molar-refractivity contribution is 0.249. The number of thiocarbonyl (C=S) groups is 1. The number of hydrogen-bond acceptors (Lipinski definition) is 3. The molecule has 3 nitrogen and oxygen atoms in total. The molecule has 1 aromatic heterocycles. The van der Waals surface area contributed by atoms with E-state index in [0.717, 1.165) is 19.6 Å². The molecule has 0 amide bonds. The summed E-state index contributed by atoms with van der Waals surface area (Å²) in [6, 6.07) is 11.1. The van der Waals surface area contributed by atoms with Crippen LogP contribution in [0.5, 0.6) is 0 Å². The lowest BCUT2D eigenvalue weighted by atomic mass is 10.2. The molecule has 1 atom stereocenters. The average Bonchev–Trinajstić information content (AvgIpc) is 3.23. The maximum atomic E-state index is 13.7. The molecule has 1 aliphatic rings. The van der Waals surface area contributed by atoms with E-state index in [0.29, 0.717) is 16.8 Å². The van der Waals surface area contributed by atoms with Crippen LogP contribution in [-0.2, 0) is 0 Å². The number of halogens is 1. The van der Waals surface area contributed by atoms with Gasteiger partial charge in [-0.25, -0.2) is 4.39 Å². The summed E-state index contributed by atoms with van der Waals surface area (Å²) in [6.45, 7) is 2.97. The average molecular weight is 350 g/mol. The number of nitrogens with zero attached hydrogens (tertiary/aromatic N) is 1. The number of benzene rings is 1. The fourth-order valence-corrected chi connectivity index (χ4v) is 3.92. The normalized spacial score (nSPS) is 16.2. The Labute approximate surface area is 145 Å². The molecule has 0 spiro atoms. The summed E-state index contributed by atoms with van der Waals surface area (Å²) < 4.78 is 13.7. The number of anilines is 1. The van der Waals surface area contributed by atoms with E-state index >= 15 is 0 Å². The summed E-state index contributed by atoms with van der Waals surface area (Å²) in [5.41, 5.74) is 0.402. The lowest BCUT2D eigenvalue weighted by Gasteiger charge is -2.27. The zero-order valence-corrected chi connectivity index (χ0v) is 14.4. The van der Waals surface area contributed by atoms with Crippen LogP contribution in [0.15, 0.2) is 41.8 Å². The third-order valence-corrected chi connectivity index (χ3v) is 5.25. The summed E-state index contributed by atoms with van der Waals surface area (Å²) in [6.07, 6.45) is 2.50. The molecular weight excluding hydrogens is 329 g/mol. The second-order valence-electron chi connectivity index (χ2n) is 5.59. The van der Waals surface area contributed by atoms with Crippen molar-refractivity contribution < 1.29 is 4.39 Å². The van der Waals surface area contributed by atoms with Crippen molar-refractivity contribution in [2.75, 3.05) is 25.0 Å². The first-order chi connectivity index (χ1) is 11.2. The number of likely N-dealkylation sites (tertiary alicyclic amines) is 1. The summed E-state index contributed by atoms with van der Waals surface area (Å²) in [5.74, 6) is -0.300. The van der Waals surface area contributed by atoms with Gasteiger partial charge in [-0.1, -0.05) is 18.2 Å². The van der Waals surface area contributed by atoms with Gasteiger partial charge in [0.05, 0.1) is 11.7 Å². The number of hydrogen-bond donors (Lipinski definition) is 2. The Morgan fingerprint density at radius 1 is 1.22 bits per heavy atom. The van der Waals surface area contributed by atoms with Crippen molar-refractivity contribution in [3.05, 3.63) is 52.5 Å². The van der Waals surface area contributed by atoms with Gasteiger partial charge in [-0.15, -0.1) is 11.3 Å². The summed E-state index contributed by atoms with van der Waals surface area (Å²) in [5, 5.41) is 8.73. The molecule has 1 saturated heterocycles. The number of nitrogens with one attached hydrogen (secondary N) is 2. The smallest absolute Gasteiger partial charge is 0.170 e. The molecule has 6 heteroatoms. The quantitative estimate of drug-likeness (QED) is 0.798. The third kappa shape index (κ3) is 4.28. The molecule has 2 aromatic rings. The van der Waals surface area contributed by atoms with Crippen molar-refractivity contribution in [3.63, 3.8) is 0 Å². The van der Waals surface area contributed by atoms with Gasteiger partial charge < -0.3 is 10.6 Å². The van der Waals surface area contributed by atoms with Gasteiger partial charge in [0.1, 0.15) is 5.82 Å². The molecule has 2 heterocycles. The molecule has 1 fully saturated rings. The topological polar surface area (TPSA) is 27.3 Å². The Bertz CT molecular complexity index is 639. The highest BCUT2D eigenvalue weighted by molar-refractivity contribution is 7.80. The van der Waals surface area contributed by atoms with E-state index in [1.54, 1.807) is 29.5 Å². The predicted octanol–water partition coefficient (Wildman–Crippen LogP) is 4.01. The Balaban J connectivity index is 1.60. The monoisotopic (exact) mass is 349 g/mol. The van der Waals surface area contributed by atoms with Crippen LogP contribution in [0.25, 0.3) is 0 Å². The van der Waals surface area contributed by atoms with Crippen LogP contribution in [-0.4, -0.2) is 29.6 Å². The maximum Gasteiger partial charge on any atom is 0.170 e. The van der Waals surface area contributed by atoms with E-state index in [4.69, 9.17) is 12.2 Å². The highest BCUT2D eigenvalue weighted by Gasteiger charge is 2.24. The molecular formula is C17H20FN3S2. The molecule has 3 rings (SSSR count). The summed E-state index contributed by atoms with van der Waals surface area (Å²) >= 11 is 7.08. The molecule has 122 valence electrons. The number of para-hydroxylation sites is 1. The molecule has 0 bridgehead atoms. The van der Waals surface area contributed by atoms with Gasteiger partial charge in [0.2, 0.25) is 0 Å². The van der Waals surface area contributed by atoms with Gasteiger partial charge in [0.25, 0.3) is 0 Å². The van der Waals surface area contributed by atoms with E-state index in [1.807, 2.05) is 0 Å². The van der Waals surface area contributed by atoms with Crippen LogP contribution in [0.1, 0.15) is 23.8 Å². The zero-order valence-electron chi connectivity index (χ0n) is 12.8. The fraction of sp³-hybridized carbons (Fsp3) is 0.353. The minimum Gasteiger partial charge on any atom is -0.360 e. The predicted molar refractivity (Wildman–Crippen MR) is 98.5 cm³/mol. The highest BCUT2D eigenvalue weighted by Crippen LogP contribution is 2.27. The Hall–Kier alpha value is -1.50. The third-order valence-electron chi connectivity index (χ3n) is 4.03. The fourth-order valence-electron chi connectivity index (χ4n) is 2.86. The van der Waals surface area contributed by atoms with Gasteiger partial charge in [-0.2, -0.15) is 0 Å². The van der Waals surface area contributed by atoms with Gasteiger partial charge in [-0.05, 0) is 61.7 Å². The van der Waals surface area contributed by atoms with E-state index in [9.17, 15) is 4.39 Å². The first-order valence-corrected chi connectivity index (χ1v) is 9.09. The minimum absolute atomic E-state index is 0.300. The van der Waals surface area contributed by atoms with Gasteiger partial charge in [0, 0.05) is 11.4 Å². The molecule has 1 aromatic carbocycles. The van der Waals surface area contributed by atoms with Crippen LogP contribution in [0.3, 0.4) is 0 Å². The Morgan fingerprint density at radius 2 is 2.00 bits per heavy atom. The molecule has 23 heavy (non-hydrogen) atoms. The summed E-state index contributed by atoms with van der Waals surface area (Å²) in [4.78, 5) is 3.83. The first-order valence-electron chi connectivity index (χ1n) is 7.81. The zero-order chi connectivity index (χ0) is 16.1.